The van der Waals surface area contributed by atoms with Gasteiger partial charge < -0.3 is 12.6 Å². The highest BCUT2D eigenvalue weighted by atomic mass is 32.1. The first-order valence-electron chi connectivity index (χ1n) is 6.17. The zero-order chi connectivity index (χ0) is 12.0. The zero-order valence-corrected chi connectivity index (χ0v) is 11.7. The summed E-state index contributed by atoms with van der Waals surface area (Å²) < 4.78 is 0. The summed E-state index contributed by atoms with van der Waals surface area (Å²) in [6.45, 7) is 4.40. The Morgan fingerprint density at radius 1 is 1.41 bits per heavy atom. The summed E-state index contributed by atoms with van der Waals surface area (Å²) in [5.74, 6) is 1.68. The van der Waals surface area contributed by atoms with Gasteiger partial charge in [0.05, 0.1) is 0 Å². The van der Waals surface area contributed by atoms with Crippen molar-refractivity contribution < 1.29 is 0 Å². The summed E-state index contributed by atoms with van der Waals surface area (Å²) in [6.07, 6.45) is 4.46. The van der Waals surface area contributed by atoms with E-state index in [0.717, 1.165) is 34.4 Å². The van der Waals surface area contributed by atoms with Crippen molar-refractivity contribution in [1.29, 1.82) is 0 Å². The topological polar surface area (TPSA) is 25.8 Å². The van der Waals surface area contributed by atoms with Crippen LogP contribution in [0.4, 0.5) is 0 Å². The summed E-state index contributed by atoms with van der Waals surface area (Å²) >= 11 is 7.26. The van der Waals surface area contributed by atoms with Gasteiger partial charge in [-0.25, -0.2) is 4.98 Å². The summed E-state index contributed by atoms with van der Waals surface area (Å²) in [4.78, 5) is 11.7. The highest BCUT2D eigenvalue weighted by Gasteiger charge is 2.21. The lowest BCUT2D eigenvalue weighted by Gasteiger charge is -2.19. The van der Waals surface area contributed by atoms with E-state index in [1.165, 1.54) is 28.7 Å². The van der Waals surface area contributed by atoms with Gasteiger partial charge in [0, 0.05) is 16.7 Å². The Labute approximate surface area is 111 Å². The van der Waals surface area contributed by atoms with Gasteiger partial charge in [-0.3, -0.25) is 4.98 Å². The zero-order valence-electron chi connectivity index (χ0n) is 10.1. The predicted octanol–water partition coefficient (Wildman–Crippen LogP) is 3.28. The number of aromatic nitrogens is 2. The molecule has 1 atom stereocenters. The first-order chi connectivity index (χ1) is 8.19. The van der Waals surface area contributed by atoms with Crippen LogP contribution in [0.2, 0.25) is 0 Å². The Hall–Kier alpha value is -0.740. The van der Waals surface area contributed by atoms with Crippen LogP contribution < -0.4 is 0 Å². The minimum absolute atomic E-state index is 0.763. The Kier molecular flexibility index (Phi) is 2.79. The van der Waals surface area contributed by atoms with Crippen LogP contribution in [0.15, 0.2) is 5.03 Å². The van der Waals surface area contributed by atoms with Crippen molar-refractivity contribution in [3.8, 4) is 0 Å². The van der Waals surface area contributed by atoms with Crippen molar-refractivity contribution in [3.63, 3.8) is 0 Å². The fraction of sp³-hybridized carbons (Fsp3) is 0.538. The molecule has 0 saturated heterocycles. The van der Waals surface area contributed by atoms with Gasteiger partial charge in [0.15, 0.2) is 0 Å². The fourth-order valence-electron chi connectivity index (χ4n) is 2.51. The lowest BCUT2D eigenvalue weighted by Crippen LogP contribution is -2.08. The summed E-state index contributed by atoms with van der Waals surface area (Å²) in [7, 11) is 0. The average Bonchev–Trinajstić information content (AvgIpc) is 2.66. The lowest BCUT2D eigenvalue weighted by atomic mass is 9.89. The monoisotopic (exact) mass is 263 g/mol. The van der Waals surface area contributed by atoms with Gasteiger partial charge in [-0.15, -0.1) is 11.3 Å². The molecule has 2 heterocycles. The van der Waals surface area contributed by atoms with Crippen LogP contribution in [-0.2, 0) is 31.9 Å². The molecule has 0 spiro atoms. The molecule has 0 bridgehead atoms. The average molecular weight is 263 g/mol. The van der Waals surface area contributed by atoms with Crippen molar-refractivity contribution in [3.05, 3.63) is 16.3 Å². The molecule has 0 fully saturated rings. The van der Waals surface area contributed by atoms with Crippen LogP contribution in [0, 0.1) is 5.92 Å². The molecule has 1 aliphatic carbocycles. The van der Waals surface area contributed by atoms with Crippen molar-refractivity contribution in [1.82, 2.24) is 9.97 Å². The maximum Gasteiger partial charge on any atom is 0.127 e. The maximum atomic E-state index is 5.43. The highest BCUT2D eigenvalue weighted by Crippen LogP contribution is 2.38. The van der Waals surface area contributed by atoms with Gasteiger partial charge in [-0.1, -0.05) is 18.9 Å². The summed E-state index contributed by atoms with van der Waals surface area (Å²) in [5, 5.41) is 1.93. The van der Waals surface area contributed by atoms with Crippen molar-refractivity contribution in [2.75, 3.05) is 0 Å². The molecular weight excluding hydrogens is 248 g/mol. The van der Waals surface area contributed by atoms with Crippen molar-refractivity contribution in [2.24, 2.45) is 5.92 Å². The Morgan fingerprint density at radius 2 is 2.24 bits per heavy atom. The molecule has 2 nitrogen and oxygen atoms in total. The summed E-state index contributed by atoms with van der Waals surface area (Å²) in [5.41, 5.74) is 1.44. The SMILES string of the molecule is CCc1nc([S-])c2c3c(sc2n1)C[C@H](C)CC3. The van der Waals surface area contributed by atoms with Gasteiger partial charge >= 0.3 is 0 Å². The molecule has 0 aromatic carbocycles. The first-order valence-corrected chi connectivity index (χ1v) is 7.39. The highest BCUT2D eigenvalue weighted by molar-refractivity contribution is 7.59. The normalized spacial score (nSPS) is 19.5. The third kappa shape index (κ3) is 1.83. The molecule has 90 valence electrons. The molecule has 17 heavy (non-hydrogen) atoms. The smallest absolute Gasteiger partial charge is 0.127 e. The van der Waals surface area contributed by atoms with Gasteiger partial charge in [0.25, 0.3) is 0 Å². The van der Waals surface area contributed by atoms with E-state index < -0.39 is 0 Å². The first kappa shape index (κ1) is 11.4. The van der Waals surface area contributed by atoms with E-state index in [1.54, 1.807) is 0 Å². The standard InChI is InChI=1S/C13H16N2S2/c1-3-10-14-12(16)11-8-5-4-7(2)6-9(8)17-13(11)15-10/h7H,3-6H2,1-2H3,(H,14,15,16)/p-1/t7-/m1/s1. The van der Waals surface area contributed by atoms with E-state index in [2.05, 4.69) is 23.8 Å². The second-order valence-electron chi connectivity index (χ2n) is 4.83. The van der Waals surface area contributed by atoms with E-state index >= 15 is 0 Å². The molecule has 2 aromatic heterocycles. The molecular formula is C13H15N2S2-. The molecule has 0 radical (unpaired) electrons. The molecule has 2 aromatic rings. The molecule has 0 amide bonds. The van der Waals surface area contributed by atoms with E-state index in [-0.39, 0.29) is 0 Å². The third-order valence-corrected chi connectivity index (χ3v) is 4.93. The molecule has 0 aliphatic heterocycles. The van der Waals surface area contributed by atoms with Gasteiger partial charge in [0.2, 0.25) is 0 Å². The molecule has 3 rings (SSSR count). The fourth-order valence-corrected chi connectivity index (χ4v) is 4.30. The minimum atomic E-state index is 0.763. The van der Waals surface area contributed by atoms with Crippen LogP contribution in [0.3, 0.4) is 0 Å². The quantitative estimate of drug-likeness (QED) is 0.583. The Balaban J connectivity index is 2.24. The van der Waals surface area contributed by atoms with Crippen LogP contribution >= 0.6 is 11.3 Å². The predicted molar refractivity (Wildman–Crippen MR) is 73.6 cm³/mol. The van der Waals surface area contributed by atoms with Crippen LogP contribution in [-0.4, -0.2) is 9.97 Å². The van der Waals surface area contributed by atoms with Crippen LogP contribution in [0.1, 0.15) is 36.5 Å². The minimum Gasteiger partial charge on any atom is -0.759 e. The van der Waals surface area contributed by atoms with Gasteiger partial charge in [0.1, 0.15) is 10.7 Å². The number of hydrogen-bond acceptors (Lipinski definition) is 4. The molecule has 0 N–H and O–H groups in total. The van der Waals surface area contributed by atoms with E-state index in [4.69, 9.17) is 12.6 Å². The number of nitrogens with zero attached hydrogens (tertiary/aromatic N) is 2. The number of rotatable bonds is 1. The van der Waals surface area contributed by atoms with E-state index in [0.29, 0.717) is 0 Å². The van der Waals surface area contributed by atoms with Crippen LogP contribution in [0.25, 0.3) is 10.2 Å². The molecule has 1 aliphatic rings. The lowest BCUT2D eigenvalue weighted by molar-refractivity contribution is 0.509. The summed E-state index contributed by atoms with van der Waals surface area (Å²) in [6, 6.07) is 0. The van der Waals surface area contributed by atoms with Crippen LogP contribution in [0.5, 0.6) is 0 Å². The maximum absolute atomic E-state index is 5.43. The van der Waals surface area contributed by atoms with E-state index in [9.17, 15) is 0 Å². The number of fused-ring (bicyclic) bond motifs is 3. The van der Waals surface area contributed by atoms with Crippen molar-refractivity contribution >= 4 is 34.2 Å². The Morgan fingerprint density at radius 3 is 3.00 bits per heavy atom. The number of aryl methyl sites for hydroxylation is 2. The Bertz CT molecular complexity index is 574. The second-order valence-corrected chi connectivity index (χ2v) is 6.30. The molecule has 4 heteroatoms. The van der Waals surface area contributed by atoms with Gasteiger partial charge in [-0.05, 0) is 30.7 Å². The largest absolute Gasteiger partial charge is 0.759 e. The third-order valence-electron chi connectivity index (χ3n) is 3.48. The van der Waals surface area contributed by atoms with E-state index in [1.807, 2.05) is 11.3 Å². The van der Waals surface area contributed by atoms with Crippen molar-refractivity contribution in [2.45, 2.75) is 44.6 Å². The van der Waals surface area contributed by atoms with Gasteiger partial charge in [-0.2, -0.15) is 0 Å². The molecule has 0 saturated carbocycles. The number of thiophene rings is 1. The number of hydrogen-bond donors (Lipinski definition) is 0. The second kappa shape index (κ2) is 4.18. The molecule has 0 unspecified atom stereocenters.